The molecule has 0 radical (unpaired) electrons. The van der Waals surface area contributed by atoms with Crippen molar-refractivity contribution in [3.63, 3.8) is 0 Å². The molecule has 0 bridgehead atoms. The maximum absolute atomic E-state index is 10.7. The van der Waals surface area contributed by atoms with E-state index in [2.05, 4.69) is 20.4 Å². The maximum atomic E-state index is 10.7. The first-order valence-corrected chi connectivity index (χ1v) is 9.75. The van der Waals surface area contributed by atoms with E-state index in [1.165, 1.54) is 0 Å². The minimum Gasteiger partial charge on any atom is -0.494 e. The van der Waals surface area contributed by atoms with Gasteiger partial charge in [-0.1, -0.05) is 23.4 Å². The Labute approximate surface area is 182 Å². The molecule has 0 aliphatic carbocycles. The largest absolute Gasteiger partial charge is 0.494 e. The van der Waals surface area contributed by atoms with E-state index >= 15 is 0 Å². The zero-order valence-electron chi connectivity index (χ0n) is 16.7. The van der Waals surface area contributed by atoms with Crippen molar-refractivity contribution >= 4 is 44.8 Å². The van der Waals surface area contributed by atoms with Crippen LogP contribution in [0.1, 0.15) is 5.56 Å². The van der Waals surface area contributed by atoms with Crippen LogP contribution in [0.2, 0.25) is 0 Å². The van der Waals surface area contributed by atoms with Crippen LogP contribution in [0.25, 0.3) is 33.1 Å². The molecule has 5 rings (SSSR count). The Hall–Kier alpha value is -4.79. The van der Waals surface area contributed by atoms with Crippen LogP contribution in [0.3, 0.4) is 0 Å². The number of para-hydroxylation sites is 1. The van der Waals surface area contributed by atoms with Crippen molar-refractivity contribution in [3.8, 4) is 17.1 Å². The zero-order chi connectivity index (χ0) is 22.2. The second-order valence-corrected chi connectivity index (χ2v) is 7.26. The second kappa shape index (κ2) is 7.47. The van der Waals surface area contributed by atoms with Crippen LogP contribution in [-0.2, 0) is 0 Å². The standard InChI is InChI=1S/C23H19N7O2/c24-20-8-6-13(11-26-20)27-18-10-19(28-16-4-2-1-3-14(16)18)21-15-9-12(22(25)30-32)5-7-17(15)29-23(21)31/h1-11,29,31-32H,(H2,24,26)(H2,25,30)(H,27,28). The first kappa shape index (κ1) is 19.2. The highest BCUT2D eigenvalue weighted by Gasteiger charge is 2.18. The number of nitrogens with one attached hydrogen (secondary N) is 2. The van der Waals surface area contributed by atoms with Crippen molar-refractivity contribution in [2.75, 3.05) is 11.1 Å². The molecule has 0 saturated carbocycles. The first-order chi connectivity index (χ1) is 15.5. The number of aromatic nitrogens is 3. The predicted octanol–water partition coefficient (Wildman–Crippen LogP) is 3.90. The lowest BCUT2D eigenvalue weighted by molar-refractivity contribution is 0.318. The molecule has 0 amide bonds. The Balaban J connectivity index is 1.72. The quantitative estimate of drug-likeness (QED) is 0.110. The van der Waals surface area contributed by atoms with Crippen LogP contribution in [0.5, 0.6) is 5.88 Å². The zero-order valence-corrected chi connectivity index (χ0v) is 16.7. The fourth-order valence-electron chi connectivity index (χ4n) is 3.70. The fourth-order valence-corrected chi connectivity index (χ4v) is 3.70. The number of benzene rings is 2. The monoisotopic (exact) mass is 425 g/mol. The lowest BCUT2D eigenvalue weighted by Gasteiger charge is -2.12. The van der Waals surface area contributed by atoms with Gasteiger partial charge in [0.2, 0.25) is 0 Å². The van der Waals surface area contributed by atoms with Gasteiger partial charge in [0.25, 0.3) is 0 Å². The molecule has 0 spiro atoms. The molecule has 9 nitrogen and oxygen atoms in total. The summed E-state index contributed by atoms with van der Waals surface area (Å²) in [6, 6.07) is 18.3. The minimum absolute atomic E-state index is 0.0248. The van der Waals surface area contributed by atoms with E-state index in [0.717, 1.165) is 22.3 Å². The average molecular weight is 425 g/mol. The molecule has 8 N–H and O–H groups in total. The molecule has 0 unspecified atom stereocenters. The number of hydrogen-bond donors (Lipinski definition) is 6. The van der Waals surface area contributed by atoms with Gasteiger partial charge in [-0.25, -0.2) is 9.97 Å². The Kier molecular flexibility index (Phi) is 4.48. The molecule has 0 aliphatic heterocycles. The average Bonchev–Trinajstić information content (AvgIpc) is 3.14. The van der Waals surface area contributed by atoms with Crippen LogP contribution in [-0.4, -0.2) is 31.1 Å². The Morgan fingerprint density at radius 1 is 1.03 bits per heavy atom. The van der Waals surface area contributed by atoms with Gasteiger partial charge in [0.1, 0.15) is 5.82 Å². The summed E-state index contributed by atoms with van der Waals surface area (Å²) in [7, 11) is 0. The lowest BCUT2D eigenvalue weighted by Crippen LogP contribution is -2.12. The molecule has 0 aliphatic rings. The number of amidine groups is 1. The highest BCUT2D eigenvalue weighted by Crippen LogP contribution is 2.39. The number of H-pyrrole nitrogens is 1. The van der Waals surface area contributed by atoms with Gasteiger partial charge in [-0.2, -0.15) is 0 Å². The summed E-state index contributed by atoms with van der Waals surface area (Å²) in [5.74, 6) is 0.379. The summed E-state index contributed by atoms with van der Waals surface area (Å²) < 4.78 is 0. The predicted molar refractivity (Wildman–Crippen MR) is 125 cm³/mol. The lowest BCUT2D eigenvalue weighted by atomic mass is 10.0. The molecule has 9 heteroatoms. The van der Waals surface area contributed by atoms with Crippen molar-refractivity contribution in [1.29, 1.82) is 0 Å². The Morgan fingerprint density at radius 2 is 1.88 bits per heavy atom. The van der Waals surface area contributed by atoms with Gasteiger partial charge in [0.05, 0.1) is 34.3 Å². The summed E-state index contributed by atoms with van der Waals surface area (Å²) in [6.45, 7) is 0. The van der Waals surface area contributed by atoms with Gasteiger partial charge < -0.3 is 32.1 Å². The van der Waals surface area contributed by atoms with Crippen molar-refractivity contribution in [2.45, 2.75) is 0 Å². The number of pyridine rings is 2. The molecule has 2 aromatic carbocycles. The van der Waals surface area contributed by atoms with Gasteiger partial charge in [0, 0.05) is 21.9 Å². The van der Waals surface area contributed by atoms with Gasteiger partial charge in [0.15, 0.2) is 11.7 Å². The number of aromatic hydroxyl groups is 1. The van der Waals surface area contributed by atoms with Crippen LogP contribution in [0, 0.1) is 0 Å². The third-order valence-corrected chi connectivity index (χ3v) is 5.22. The molecule has 3 heterocycles. The molecule has 3 aromatic heterocycles. The highest BCUT2D eigenvalue weighted by molar-refractivity contribution is 6.06. The summed E-state index contributed by atoms with van der Waals surface area (Å²) >= 11 is 0. The van der Waals surface area contributed by atoms with Crippen molar-refractivity contribution in [2.24, 2.45) is 10.9 Å². The van der Waals surface area contributed by atoms with Crippen molar-refractivity contribution in [1.82, 2.24) is 15.0 Å². The fraction of sp³-hybridized carbons (Fsp3) is 0. The Morgan fingerprint density at radius 3 is 2.66 bits per heavy atom. The summed E-state index contributed by atoms with van der Waals surface area (Å²) in [4.78, 5) is 11.9. The van der Waals surface area contributed by atoms with Crippen molar-refractivity contribution < 1.29 is 10.3 Å². The van der Waals surface area contributed by atoms with Gasteiger partial charge in [-0.15, -0.1) is 0 Å². The van der Waals surface area contributed by atoms with Crippen LogP contribution >= 0.6 is 0 Å². The molecule has 158 valence electrons. The van der Waals surface area contributed by atoms with Crippen molar-refractivity contribution in [3.05, 3.63) is 72.4 Å². The number of anilines is 3. The third kappa shape index (κ3) is 3.27. The van der Waals surface area contributed by atoms with E-state index in [1.54, 1.807) is 30.5 Å². The number of rotatable bonds is 4. The molecule has 0 atom stereocenters. The number of oxime groups is 1. The first-order valence-electron chi connectivity index (χ1n) is 9.75. The summed E-state index contributed by atoms with van der Waals surface area (Å²) in [5, 5.41) is 27.8. The molecular formula is C23H19N7O2. The smallest absolute Gasteiger partial charge is 0.199 e. The number of nitrogens with two attached hydrogens (primary N) is 2. The molecular weight excluding hydrogens is 406 g/mol. The SMILES string of the molecule is NC(=NO)c1ccc2[nH]c(O)c(-c3cc(Nc4ccc(N)nc4)c4ccccc4n3)c2c1. The summed E-state index contributed by atoms with van der Waals surface area (Å²) in [6.07, 6.45) is 1.65. The molecule has 0 fully saturated rings. The number of aromatic amines is 1. The topological polar surface area (TPSA) is 158 Å². The van der Waals surface area contributed by atoms with E-state index in [9.17, 15) is 5.11 Å². The van der Waals surface area contributed by atoms with E-state index < -0.39 is 0 Å². The summed E-state index contributed by atoms with van der Waals surface area (Å²) in [5.41, 5.74) is 16.0. The van der Waals surface area contributed by atoms with Gasteiger partial charge in [-0.3, -0.25) is 0 Å². The number of hydrogen-bond acceptors (Lipinski definition) is 7. The highest BCUT2D eigenvalue weighted by atomic mass is 16.4. The Bertz CT molecular complexity index is 1490. The molecule has 32 heavy (non-hydrogen) atoms. The van der Waals surface area contributed by atoms with Crippen LogP contribution in [0.15, 0.2) is 72.0 Å². The van der Waals surface area contributed by atoms with E-state index in [4.69, 9.17) is 21.7 Å². The maximum Gasteiger partial charge on any atom is 0.199 e. The number of fused-ring (bicyclic) bond motifs is 2. The molecule has 5 aromatic rings. The molecule has 0 saturated heterocycles. The van der Waals surface area contributed by atoms with E-state index in [-0.39, 0.29) is 11.7 Å². The minimum atomic E-state index is -0.0282. The van der Waals surface area contributed by atoms with Crippen LogP contribution in [0.4, 0.5) is 17.2 Å². The second-order valence-electron chi connectivity index (χ2n) is 7.26. The number of nitrogens with zero attached hydrogens (tertiary/aromatic N) is 3. The van der Waals surface area contributed by atoms with Gasteiger partial charge >= 0.3 is 0 Å². The van der Waals surface area contributed by atoms with Crippen LogP contribution < -0.4 is 16.8 Å². The normalized spacial score (nSPS) is 11.8. The van der Waals surface area contributed by atoms with Gasteiger partial charge in [-0.05, 0) is 42.5 Å². The van der Waals surface area contributed by atoms with E-state index in [1.807, 2.05) is 36.4 Å². The van der Waals surface area contributed by atoms with E-state index in [0.29, 0.717) is 33.5 Å². The third-order valence-electron chi connectivity index (χ3n) is 5.22. The number of nitrogen functional groups attached to an aromatic ring is 1.